The van der Waals surface area contributed by atoms with E-state index in [0.717, 1.165) is 25.7 Å². The van der Waals surface area contributed by atoms with Crippen molar-refractivity contribution in [2.75, 3.05) is 43.2 Å². The number of ether oxygens (including phenoxy) is 1. The van der Waals surface area contributed by atoms with Gasteiger partial charge in [0.25, 0.3) is 0 Å². The lowest BCUT2D eigenvalue weighted by molar-refractivity contribution is -0.124. The lowest BCUT2D eigenvalue weighted by Crippen LogP contribution is -2.42. The molecule has 0 aromatic carbocycles. The molecule has 10 nitrogen and oxygen atoms in total. The molecule has 1 saturated heterocycles. The quantitative estimate of drug-likeness (QED) is 0.354. The number of rotatable bonds is 8. The molecule has 2 fully saturated rings. The fraction of sp³-hybridized carbons (Fsp3) is 0.667. The van der Waals surface area contributed by atoms with Gasteiger partial charge in [0.05, 0.1) is 19.1 Å². The highest BCUT2D eigenvalue weighted by molar-refractivity contribution is 6.28. The Hall–Kier alpha value is -2.40. The van der Waals surface area contributed by atoms with E-state index in [1.54, 1.807) is 4.90 Å². The van der Waals surface area contributed by atoms with Crippen LogP contribution in [0.25, 0.3) is 0 Å². The van der Waals surface area contributed by atoms with Crippen LogP contribution >= 0.6 is 11.6 Å². The third-order valence-electron chi connectivity index (χ3n) is 5.38. The average molecular weight is 445 g/mol. The molecule has 1 aliphatic carbocycles. The molecule has 3 rings (SSSR count). The Labute approximate surface area is 178 Å². The van der Waals surface area contributed by atoms with Crippen LogP contribution in [-0.2, 0) is 9.53 Å². The molecule has 30 heavy (non-hydrogen) atoms. The van der Waals surface area contributed by atoms with Gasteiger partial charge in [-0.3, -0.25) is 15.6 Å². The van der Waals surface area contributed by atoms with Gasteiger partial charge in [-0.2, -0.15) is 14.4 Å². The molecule has 1 saturated carbocycles. The Kier molecular flexibility index (Phi) is 7.86. The first-order valence-corrected chi connectivity index (χ1v) is 10.4. The number of nitrogens with zero attached hydrogens (tertiary/aromatic N) is 3. The number of amides is 2. The first-order chi connectivity index (χ1) is 14.4. The molecule has 1 aromatic rings. The topological polar surface area (TPSA) is 129 Å². The van der Waals surface area contributed by atoms with Gasteiger partial charge < -0.3 is 20.1 Å². The standard InChI is InChI=1S/C18H26ClFN6O4/c19-17-22-14(13(20)15(23-17)26-5-7-30-8-6-26)24-25-16(27)12(10-21-18(28)29)9-11-3-1-2-4-11/h11-12,21H,1-10H2,(H,25,27)(H,28,29)(H,22,23,24)/t12-/m1/s1. The maximum Gasteiger partial charge on any atom is 0.404 e. The molecular formula is C18H26ClFN6O4. The summed E-state index contributed by atoms with van der Waals surface area (Å²) in [6.45, 7) is 1.78. The van der Waals surface area contributed by atoms with Crippen LogP contribution in [0.4, 0.5) is 20.8 Å². The van der Waals surface area contributed by atoms with E-state index in [9.17, 15) is 14.0 Å². The third-order valence-corrected chi connectivity index (χ3v) is 5.55. The molecule has 4 N–H and O–H groups in total. The summed E-state index contributed by atoms with van der Waals surface area (Å²) in [7, 11) is 0. The number of carbonyl (C=O) groups excluding carboxylic acids is 1. The minimum Gasteiger partial charge on any atom is -0.465 e. The summed E-state index contributed by atoms with van der Waals surface area (Å²) in [6.07, 6.45) is 3.61. The van der Waals surface area contributed by atoms with Crippen LogP contribution in [0.15, 0.2) is 0 Å². The average Bonchev–Trinajstić information content (AvgIpc) is 3.25. The number of hydrogen-bond donors (Lipinski definition) is 4. The second-order valence-corrected chi connectivity index (χ2v) is 7.80. The highest BCUT2D eigenvalue weighted by Crippen LogP contribution is 2.30. The van der Waals surface area contributed by atoms with Gasteiger partial charge in [-0.1, -0.05) is 25.7 Å². The minimum atomic E-state index is -1.20. The molecule has 0 radical (unpaired) electrons. The maximum atomic E-state index is 14.9. The molecule has 0 bridgehead atoms. The van der Waals surface area contributed by atoms with E-state index in [1.807, 2.05) is 0 Å². The Morgan fingerprint density at radius 2 is 1.97 bits per heavy atom. The molecule has 2 aliphatic rings. The SMILES string of the molecule is O=C(O)NC[C@@H](CC1CCCC1)C(=O)NNc1nc(Cl)nc(N2CCOCC2)c1F. The first-order valence-electron chi connectivity index (χ1n) is 10.0. The molecule has 1 aromatic heterocycles. The summed E-state index contributed by atoms with van der Waals surface area (Å²) in [5.74, 6) is -1.62. The molecular weight excluding hydrogens is 419 g/mol. The second kappa shape index (κ2) is 10.6. The summed E-state index contributed by atoms with van der Waals surface area (Å²) < 4.78 is 20.2. The van der Waals surface area contributed by atoms with Crippen molar-refractivity contribution in [2.24, 2.45) is 11.8 Å². The van der Waals surface area contributed by atoms with Crippen LogP contribution in [0.1, 0.15) is 32.1 Å². The number of anilines is 2. The molecule has 166 valence electrons. The third kappa shape index (κ3) is 6.05. The number of carbonyl (C=O) groups is 2. The van der Waals surface area contributed by atoms with Crippen LogP contribution in [0, 0.1) is 17.7 Å². The van der Waals surface area contributed by atoms with Gasteiger partial charge in [0.15, 0.2) is 11.6 Å². The molecule has 0 unspecified atom stereocenters. The van der Waals surface area contributed by atoms with Gasteiger partial charge in [0, 0.05) is 19.6 Å². The first kappa shape index (κ1) is 22.3. The Morgan fingerprint density at radius 1 is 1.27 bits per heavy atom. The molecule has 1 aliphatic heterocycles. The van der Waals surface area contributed by atoms with E-state index in [4.69, 9.17) is 21.4 Å². The molecule has 2 heterocycles. The normalized spacial score (nSPS) is 18.1. The van der Waals surface area contributed by atoms with Gasteiger partial charge in [-0.05, 0) is 23.9 Å². The minimum absolute atomic E-state index is 0.0224. The molecule has 12 heteroatoms. The smallest absolute Gasteiger partial charge is 0.404 e. The van der Waals surface area contributed by atoms with E-state index in [0.29, 0.717) is 38.6 Å². The van der Waals surface area contributed by atoms with Crippen LogP contribution in [0.3, 0.4) is 0 Å². The number of nitrogens with one attached hydrogen (secondary N) is 3. The lowest BCUT2D eigenvalue weighted by atomic mass is 9.92. The molecule has 2 amide bonds. The van der Waals surface area contributed by atoms with Crippen molar-refractivity contribution in [3.8, 4) is 0 Å². The summed E-state index contributed by atoms with van der Waals surface area (Å²) >= 11 is 5.94. The number of aromatic nitrogens is 2. The Bertz CT molecular complexity index is 758. The fourth-order valence-electron chi connectivity index (χ4n) is 3.84. The number of hydrazine groups is 1. The summed E-state index contributed by atoms with van der Waals surface area (Å²) in [6, 6.07) is 0. The van der Waals surface area contributed by atoms with Gasteiger partial charge >= 0.3 is 6.09 Å². The monoisotopic (exact) mass is 444 g/mol. The number of halogens is 2. The van der Waals surface area contributed by atoms with Gasteiger partial charge in [0.2, 0.25) is 17.0 Å². The van der Waals surface area contributed by atoms with Gasteiger partial charge in [-0.25, -0.2) is 4.79 Å². The zero-order valence-electron chi connectivity index (χ0n) is 16.5. The highest BCUT2D eigenvalue weighted by Gasteiger charge is 2.27. The predicted molar refractivity (Wildman–Crippen MR) is 108 cm³/mol. The highest BCUT2D eigenvalue weighted by atomic mass is 35.5. The van der Waals surface area contributed by atoms with Gasteiger partial charge in [0.1, 0.15) is 0 Å². The zero-order chi connectivity index (χ0) is 21.5. The van der Waals surface area contributed by atoms with Crippen molar-refractivity contribution in [1.82, 2.24) is 20.7 Å². The van der Waals surface area contributed by atoms with Crippen molar-refractivity contribution in [2.45, 2.75) is 32.1 Å². The Morgan fingerprint density at radius 3 is 2.63 bits per heavy atom. The fourth-order valence-corrected chi connectivity index (χ4v) is 4.01. The Balaban J connectivity index is 1.66. The van der Waals surface area contributed by atoms with E-state index in [2.05, 4.69) is 26.1 Å². The number of carboxylic acid groups (broad SMARTS) is 1. The lowest BCUT2D eigenvalue weighted by Gasteiger charge is -2.28. The number of morpholine rings is 1. The van der Waals surface area contributed by atoms with Crippen LogP contribution in [0.2, 0.25) is 5.28 Å². The zero-order valence-corrected chi connectivity index (χ0v) is 17.3. The van der Waals surface area contributed by atoms with Crippen molar-refractivity contribution < 1.29 is 23.8 Å². The summed E-state index contributed by atoms with van der Waals surface area (Å²) in [5.41, 5.74) is 4.92. The summed E-state index contributed by atoms with van der Waals surface area (Å²) in [5, 5.41) is 11.0. The van der Waals surface area contributed by atoms with E-state index < -0.39 is 23.7 Å². The van der Waals surface area contributed by atoms with Crippen molar-refractivity contribution in [1.29, 1.82) is 0 Å². The van der Waals surface area contributed by atoms with Crippen LogP contribution < -0.4 is 21.1 Å². The van der Waals surface area contributed by atoms with E-state index in [-0.39, 0.29) is 23.5 Å². The largest absolute Gasteiger partial charge is 0.465 e. The van der Waals surface area contributed by atoms with Crippen molar-refractivity contribution >= 4 is 35.2 Å². The van der Waals surface area contributed by atoms with Crippen LogP contribution in [0.5, 0.6) is 0 Å². The van der Waals surface area contributed by atoms with E-state index in [1.165, 1.54) is 0 Å². The van der Waals surface area contributed by atoms with Gasteiger partial charge in [-0.15, -0.1) is 0 Å². The van der Waals surface area contributed by atoms with Crippen molar-refractivity contribution in [3.63, 3.8) is 0 Å². The molecule has 1 atom stereocenters. The van der Waals surface area contributed by atoms with E-state index >= 15 is 0 Å². The van der Waals surface area contributed by atoms with Crippen molar-refractivity contribution in [3.05, 3.63) is 11.1 Å². The summed E-state index contributed by atoms with van der Waals surface area (Å²) in [4.78, 5) is 33.0. The van der Waals surface area contributed by atoms with Crippen LogP contribution in [-0.4, -0.2) is 59.9 Å². The maximum absolute atomic E-state index is 14.9. The second-order valence-electron chi connectivity index (χ2n) is 7.46. The predicted octanol–water partition coefficient (Wildman–Crippen LogP) is 2.01. The number of hydrogen-bond acceptors (Lipinski definition) is 7. The molecule has 0 spiro atoms.